The van der Waals surface area contributed by atoms with Crippen molar-refractivity contribution in [2.75, 3.05) is 47.5 Å². The molecule has 1 atom stereocenters. The lowest BCUT2D eigenvalue weighted by Crippen LogP contribution is -2.38. The zero-order valence-corrected chi connectivity index (χ0v) is 12.9. The maximum Gasteiger partial charge on any atom is 0.0936 e. The second-order valence-corrected chi connectivity index (χ2v) is 6.42. The Kier molecular flexibility index (Phi) is 5.78. The molecule has 0 aromatic carbocycles. The molecule has 19 heavy (non-hydrogen) atoms. The first-order valence-corrected chi connectivity index (χ1v) is 7.60. The third kappa shape index (κ3) is 5.20. The van der Waals surface area contributed by atoms with Crippen LogP contribution in [0.5, 0.6) is 0 Å². The summed E-state index contributed by atoms with van der Waals surface area (Å²) in [5.74, 6) is 0. The van der Waals surface area contributed by atoms with Gasteiger partial charge in [0.25, 0.3) is 0 Å². The number of thiophene rings is 1. The van der Waals surface area contributed by atoms with Gasteiger partial charge in [0.15, 0.2) is 0 Å². The lowest BCUT2D eigenvalue weighted by Gasteiger charge is -2.27. The third-order valence-corrected chi connectivity index (χ3v) is 4.00. The van der Waals surface area contributed by atoms with E-state index in [4.69, 9.17) is 9.47 Å². The summed E-state index contributed by atoms with van der Waals surface area (Å²) < 4.78 is 11.1. The van der Waals surface area contributed by atoms with Crippen molar-refractivity contribution < 1.29 is 9.47 Å². The minimum absolute atomic E-state index is 0.222. The highest BCUT2D eigenvalue weighted by Gasteiger charge is 2.16. The predicted octanol–water partition coefficient (Wildman–Crippen LogP) is 1.66. The van der Waals surface area contributed by atoms with Crippen molar-refractivity contribution in [1.29, 1.82) is 0 Å². The second-order valence-electron chi connectivity index (χ2n) is 5.42. The molecule has 1 aromatic heterocycles. The summed E-state index contributed by atoms with van der Waals surface area (Å²) >= 11 is 1.84. The van der Waals surface area contributed by atoms with E-state index < -0.39 is 0 Å². The van der Waals surface area contributed by atoms with Gasteiger partial charge in [0.1, 0.15) is 0 Å². The van der Waals surface area contributed by atoms with Crippen molar-refractivity contribution in [3.63, 3.8) is 0 Å². The monoisotopic (exact) mass is 284 g/mol. The van der Waals surface area contributed by atoms with Gasteiger partial charge < -0.3 is 14.4 Å². The van der Waals surface area contributed by atoms with Gasteiger partial charge in [0.05, 0.1) is 25.9 Å². The maximum absolute atomic E-state index is 5.67. The lowest BCUT2D eigenvalue weighted by molar-refractivity contribution is -0.0962. The molecular formula is C14H24N2O2S. The molecule has 0 saturated carbocycles. The Morgan fingerprint density at radius 1 is 1.26 bits per heavy atom. The summed E-state index contributed by atoms with van der Waals surface area (Å²) in [6, 6.07) is 2.30. The summed E-state index contributed by atoms with van der Waals surface area (Å²) in [5, 5.41) is 2.25. The fourth-order valence-electron chi connectivity index (χ4n) is 2.28. The highest BCUT2D eigenvalue weighted by Crippen LogP contribution is 2.17. The molecule has 1 saturated heterocycles. The number of rotatable bonds is 6. The van der Waals surface area contributed by atoms with Gasteiger partial charge in [-0.15, -0.1) is 11.3 Å². The van der Waals surface area contributed by atoms with E-state index in [2.05, 4.69) is 42.4 Å². The number of hydrogen-bond donors (Lipinski definition) is 0. The lowest BCUT2D eigenvalue weighted by atomic mass is 10.2. The Hall–Kier alpha value is -0.460. The number of ether oxygens (including phenoxy) is 2. The Balaban J connectivity index is 1.77. The molecule has 0 bridgehead atoms. The van der Waals surface area contributed by atoms with Crippen molar-refractivity contribution in [1.82, 2.24) is 9.80 Å². The largest absolute Gasteiger partial charge is 0.376 e. The molecule has 2 rings (SSSR count). The zero-order valence-electron chi connectivity index (χ0n) is 12.1. The van der Waals surface area contributed by atoms with E-state index in [1.165, 1.54) is 10.4 Å². The van der Waals surface area contributed by atoms with Crippen LogP contribution in [0.25, 0.3) is 0 Å². The van der Waals surface area contributed by atoms with Crippen LogP contribution in [0.2, 0.25) is 0 Å². The van der Waals surface area contributed by atoms with Crippen molar-refractivity contribution >= 4 is 11.3 Å². The minimum atomic E-state index is 0.222. The highest BCUT2D eigenvalue weighted by molar-refractivity contribution is 7.10. The summed E-state index contributed by atoms with van der Waals surface area (Å²) in [5.41, 5.74) is 1.40. The standard InChI is InChI=1S/C14H24N2O2S/c1-15(2)7-12-6-14(19-11-12)9-16(3)8-13-10-17-4-5-18-13/h6,11,13H,4-5,7-10H2,1-3H3. The number of likely N-dealkylation sites (N-methyl/N-ethyl adjacent to an activating group) is 1. The van der Waals surface area contributed by atoms with E-state index in [-0.39, 0.29) is 6.10 Å². The van der Waals surface area contributed by atoms with Crippen LogP contribution in [0.1, 0.15) is 10.4 Å². The molecule has 0 aliphatic carbocycles. The van der Waals surface area contributed by atoms with Crippen LogP contribution < -0.4 is 0 Å². The minimum Gasteiger partial charge on any atom is -0.376 e. The molecule has 4 nitrogen and oxygen atoms in total. The molecule has 1 unspecified atom stereocenters. The molecule has 2 heterocycles. The molecule has 1 aromatic rings. The molecule has 0 spiro atoms. The van der Waals surface area contributed by atoms with Crippen molar-refractivity contribution in [2.45, 2.75) is 19.2 Å². The Labute approximate surface area is 119 Å². The fourth-order valence-corrected chi connectivity index (χ4v) is 3.24. The van der Waals surface area contributed by atoms with Crippen LogP contribution in [0.15, 0.2) is 11.4 Å². The maximum atomic E-state index is 5.67. The topological polar surface area (TPSA) is 24.9 Å². The Morgan fingerprint density at radius 3 is 2.79 bits per heavy atom. The van der Waals surface area contributed by atoms with Crippen LogP contribution in [0, 0.1) is 0 Å². The molecule has 0 N–H and O–H groups in total. The van der Waals surface area contributed by atoms with Gasteiger partial charge in [0.2, 0.25) is 0 Å². The van der Waals surface area contributed by atoms with Crippen molar-refractivity contribution in [3.05, 3.63) is 21.9 Å². The number of hydrogen-bond acceptors (Lipinski definition) is 5. The molecule has 0 radical (unpaired) electrons. The summed E-state index contributed by atoms with van der Waals surface area (Å²) in [6.45, 7) is 5.11. The van der Waals surface area contributed by atoms with Gasteiger partial charge in [-0.05, 0) is 38.2 Å². The van der Waals surface area contributed by atoms with Crippen LogP contribution >= 0.6 is 11.3 Å². The van der Waals surface area contributed by atoms with Crippen LogP contribution in [-0.4, -0.2) is 63.4 Å². The second kappa shape index (κ2) is 7.36. The first kappa shape index (κ1) is 14.9. The average molecular weight is 284 g/mol. The van der Waals surface area contributed by atoms with Crippen molar-refractivity contribution in [2.24, 2.45) is 0 Å². The SMILES string of the molecule is CN(C)Cc1csc(CN(C)CC2COCCO2)c1. The first-order valence-electron chi connectivity index (χ1n) is 6.72. The Bertz CT molecular complexity index is 375. The molecular weight excluding hydrogens is 260 g/mol. The number of nitrogens with zero attached hydrogens (tertiary/aromatic N) is 2. The average Bonchev–Trinajstić information content (AvgIpc) is 2.76. The normalized spacial score (nSPS) is 20.4. The third-order valence-electron chi connectivity index (χ3n) is 3.03. The summed E-state index contributed by atoms with van der Waals surface area (Å²) in [6.07, 6.45) is 0.222. The smallest absolute Gasteiger partial charge is 0.0936 e. The van der Waals surface area contributed by atoms with Gasteiger partial charge in [-0.25, -0.2) is 0 Å². The summed E-state index contributed by atoms with van der Waals surface area (Å²) in [7, 11) is 6.34. The van der Waals surface area contributed by atoms with Gasteiger partial charge in [-0.2, -0.15) is 0 Å². The molecule has 1 aliphatic heterocycles. The Morgan fingerprint density at radius 2 is 2.11 bits per heavy atom. The van der Waals surface area contributed by atoms with Gasteiger partial charge in [-0.1, -0.05) is 0 Å². The predicted molar refractivity (Wildman–Crippen MR) is 78.6 cm³/mol. The van der Waals surface area contributed by atoms with E-state index in [1.807, 2.05) is 11.3 Å². The molecule has 1 fully saturated rings. The first-order chi connectivity index (χ1) is 9.13. The van der Waals surface area contributed by atoms with Crippen LogP contribution in [0.3, 0.4) is 0 Å². The molecule has 1 aliphatic rings. The van der Waals surface area contributed by atoms with Gasteiger partial charge in [-0.3, -0.25) is 4.90 Å². The van der Waals surface area contributed by atoms with E-state index in [9.17, 15) is 0 Å². The van der Waals surface area contributed by atoms with Gasteiger partial charge >= 0.3 is 0 Å². The highest BCUT2D eigenvalue weighted by atomic mass is 32.1. The quantitative estimate of drug-likeness (QED) is 0.793. The van der Waals surface area contributed by atoms with Gasteiger partial charge in [0, 0.05) is 24.5 Å². The molecule has 108 valence electrons. The van der Waals surface area contributed by atoms with E-state index >= 15 is 0 Å². The zero-order chi connectivity index (χ0) is 13.7. The van der Waals surface area contributed by atoms with Crippen LogP contribution in [0.4, 0.5) is 0 Å². The molecule has 5 heteroatoms. The fraction of sp³-hybridized carbons (Fsp3) is 0.714. The van der Waals surface area contributed by atoms with E-state index in [1.54, 1.807) is 0 Å². The van der Waals surface area contributed by atoms with E-state index in [0.717, 1.165) is 39.5 Å². The van der Waals surface area contributed by atoms with Crippen molar-refractivity contribution in [3.8, 4) is 0 Å². The van der Waals surface area contributed by atoms with E-state index in [0.29, 0.717) is 0 Å². The summed E-state index contributed by atoms with van der Waals surface area (Å²) in [4.78, 5) is 5.92. The van der Waals surface area contributed by atoms with Crippen LogP contribution in [-0.2, 0) is 22.6 Å². The molecule has 0 amide bonds.